The average molecular weight is 274 g/mol. The van der Waals surface area contributed by atoms with Crippen molar-refractivity contribution in [2.45, 2.75) is 38.8 Å². The highest BCUT2D eigenvalue weighted by Gasteiger charge is 2.32. The molecule has 7 heteroatoms. The van der Waals surface area contributed by atoms with Gasteiger partial charge in [0.1, 0.15) is 0 Å². The molecule has 0 spiro atoms. The average Bonchev–Trinajstić information content (AvgIpc) is 2.54. The number of nitrogens with two attached hydrogens (primary N) is 1. The van der Waals surface area contributed by atoms with Crippen molar-refractivity contribution in [3.05, 3.63) is 6.33 Å². The van der Waals surface area contributed by atoms with E-state index < -0.39 is 10.0 Å². The summed E-state index contributed by atoms with van der Waals surface area (Å²) in [6, 6.07) is -0.119. The summed E-state index contributed by atoms with van der Waals surface area (Å²) in [6.07, 6.45) is 1.41. The van der Waals surface area contributed by atoms with Crippen molar-refractivity contribution in [1.29, 1.82) is 0 Å². The van der Waals surface area contributed by atoms with Gasteiger partial charge in [0.2, 0.25) is 0 Å². The number of hydrogen-bond acceptors (Lipinski definition) is 4. The van der Waals surface area contributed by atoms with E-state index in [4.69, 9.17) is 5.73 Å². The molecule has 0 fully saturated rings. The molecule has 0 unspecified atom stereocenters. The van der Waals surface area contributed by atoms with Crippen molar-refractivity contribution in [3.63, 3.8) is 0 Å². The Kier molecular flexibility index (Phi) is 4.39. The molecule has 0 saturated heterocycles. The number of imidazole rings is 1. The minimum absolute atomic E-state index is 0.0481. The summed E-state index contributed by atoms with van der Waals surface area (Å²) < 4.78 is 28.1. The van der Waals surface area contributed by atoms with E-state index in [0.29, 0.717) is 6.54 Å². The molecule has 0 aromatic carbocycles. The lowest BCUT2D eigenvalue weighted by Gasteiger charge is -2.27. The molecule has 2 N–H and O–H groups in total. The largest absolute Gasteiger partial charge is 0.381 e. The van der Waals surface area contributed by atoms with Gasteiger partial charge in [0.05, 0.1) is 6.33 Å². The van der Waals surface area contributed by atoms with Gasteiger partial charge in [0, 0.05) is 19.6 Å². The van der Waals surface area contributed by atoms with Crippen LogP contribution in [0.3, 0.4) is 0 Å². The third-order valence-corrected chi connectivity index (χ3v) is 4.76. The van der Waals surface area contributed by atoms with Gasteiger partial charge in [-0.25, -0.2) is 13.4 Å². The predicted octanol–water partition coefficient (Wildman–Crippen LogP) is 1.06. The highest BCUT2D eigenvalue weighted by molar-refractivity contribution is 7.89. The van der Waals surface area contributed by atoms with Crippen molar-refractivity contribution in [1.82, 2.24) is 13.9 Å². The van der Waals surface area contributed by atoms with E-state index in [0.717, 1.165) is 0 Å². The second kappa shape index (κ2) is 5.27. The summed E-state index contributed by atoms with van der Waals surface area (Å²) in [6.45, 7) is 8.14. The number of aromatic nitrogens is 2. The van der Waals surface area contributed by atoms with Crippen LogP contribution in [0.15, 0.2) is 11.4 Å². The molecule has 0 aliphatic rings. The normalized spacial score (nSPS) is 12.9. The van der Waals surface area contributed by atoms with E-state index in [1.54, 1.807) is 7.05 Å². The van der Waals surface area contributed by atoms with Crippen LogP contribution in [0, 0.1) is 5.92 Å². The molecule has 0 atom stereocenters. The van der Waals surface area contributed by atoms with Gasteiger partial charge in [-0.05, 0) is 19.8 Å². The van der Waals surface area contributed by atoms with Crippen molar-refractivity contribution in [3.8, 4) is 0 Å². The minimum atomic E-state index is -3.60. The zero-order chi connectivity index (χ0) is 14.1. The third-order valence-electron chi connectivity index (χ3n) is 2.58. The Hall–Kier alpha value is -1.08. The summed E-state index contributed by atoms with van der Waals surface area (Å²) in [5.74, 6) is 0.295. The maximum Gasteiger partial charge on any atom is 0.262 e. The number of nitrogen functional groups attached to an aromatic ring is 1. The first-order valence-corrected chi connectivity index (χ1v) is 7.40. The summed E-state index contributed by atoms with van der Waals surface area (Å²) >= 11 is 0. The number of anilines is 1. The monoisotopic (exact) mass is 274 g/mol. The molecule has 0 saturated carbocycles. The minimum Gasteiger partial charge on any atom is -0.381 e. The van der Waals surface area contributed by atoms with Crippen LogP contribution in [-0.4, -0.2) is 34.9 Å². The topological polar surface area (TPSA) is 81.2 Å². The van der Waals surface area contributed by atoms with Crippen molar-refractivity contribution < 1.29 is 8.42 Å². The molecular formula is C11H22N4O2S. The smallest absolute Gasteiger partial charge is 0.262 e. The van der Waals surface area contributed by atoms with E-state index >= 15 is 0 Å². The number of aryl methyl sites for hydroxylation is 1. The lowest BCUT2D eigenvalue weighted by atomic mass is 10.2. The Labute approximate surface area is 109 Å². The van der Waals surface area contributed by atoms with Crippen LogP contribution in [0.2, 0.25) is 0 Å². The second-order valence-electron chi connectivity index (χ2n) is 5.11. The fraction of sp³-hybridized carbons (Fsp3) is 0.727. The SMILES string of the molecule is CC(C)CN(C(C)C)S(=O)(=O)c1c(N)ncn1C. The molecule has 18 heavy (non-hydrogen) atoms. The Balaban J connectivity index is 3.26. The second-order valence-corrected chi connectivity index (χ2v) is 6.91. The van der Waals surface area contributed by atoms with Gasteiger partial charge in [0.25, 0.3) is 10.0 Å². The molecule has 1 heterocycles. The van der Waals surface area contributed by atoms with Gasteiger partial charge in [-0.3, -0.25) is 0 Å². The van der Waals surface area contributed by atoms with Crippen LogP contribution in [0.4, 0.5) is 5.82 Å². The molecule has 1 aromatic heterocycles. The molecule has 0 aliphatic carbocycles. The highest BCUT2D eigenvalue weighted by atomic mass is 32.2. The molecular weight excluding hydrogens is 252 g/mol. The van der Waals surface area contributed by atoms with Crippen LogP contribution in [0.5, 0.6) is 0 Å². The number of nitrogens with zero attached hydrogens (tertiary/aromatic N) is 3. The Morgan fingerprint density at radius 1 is 1.39 bits per heavy atom. The molecule has 6 nitrogen and oxygen atoms in total. The maximum atomic E-state index is 12.6. The van der Waals surface area contributed by atoms with Gasteiger partial charge >= 0.3 is 0 Å². The summed E-state index contributed by atoms with van der Waals surface area (Å²) in [5.41, 5.74) is 5.66. The lowest BCUT2D eigenvalue weighted by Crippen LogP contribution is -2.40. The van der Waals surface area contributed by atoms with Gasteiger partial charge in [0.15, 0.2) is 10.8 Å². The number of rotatable bonds is 5. The summed E-state index contributed by atoms with van der Waals surface area (Å²) in [5, 5.41) is 0.0665. The molecule has 104 valence electrons. The number of sulfonamides is 1. The van der Waals surface area contributed by atoms with Crippen LogP contribution in [-0.2, 0) is 17.1 Å². The zero-order valence-corrected chi connectivity index (χ0v) is 12.4. The van der Waals surface area contributed by atoms with E-state index in [1.165, 1.54) is 15.2 Å². The molecule has 1 aromatic rings. The van der Waals surface area contributed by atoms with Crippen molar-refractivity contribution >= 4 is 15.8 Å². The Morgan fingerprint density at radius 3 is 2.28 bits per heavy atom. The van der Waals surface area contributed by atoms with Crippen molar-refractivity contribution in [2.24, 2.45) is 13.0 Å². The molecule has 0 radical (unpaired) electrons. The standard InChI is InChI=1S/C11H22N4O2S/c1-8(2)6-15(9(3)4)18(16,17)11-10(12)13-7-14(11)5/h7-9H,6,12H2,1-5H3. The van der Waals surface area contributed by atoms with E-state index in [-0.39, 0.29) is 22.8 Å². The van der Waals surface area contributed by atoms with E-state index in [1.807, 2.05) is 27.7 Å². The van der Waals surface area contributed by atoms with Gasteiger partial charge in [-0.15, -0.1) is 0 Å². The van der Waals surface area contributed by atoms with Crippen molar-refractivity contribution in [2.75, 3.05) is 12.3 Å². The highest BCUT2D eigenvalue weighted by Crippen LogP contribution is 2.23. The Morgan fingerprint density at radius 2 is 1.94 bits per heavy atom. The summed E-state index contributed by atoms with van der Waals surface area (Å²) in [7, 11) is -1.98. The van der Waals surface area contributed by atoms with Gasteiger partial charge in [-0.2, -0.15) is 4.31 Å². The maximum absolute atomic E-state index is 12.6. The van der Waals surface area contributed by atoms with Crippen LogP contribution in [0.25, 0.3) is 0 Å². The Bertz CT molecular complexity index is 486. The first kappa shape index (κ1) is 15.0. The molecule has 0 amide bonds. The fourth-order valence-corrected chi connectivity index (χ4v) is 3.81. The first-order chi connectivity index (χ1) is 8.17. The predicted molar refractivity (Wildman–Crippen MR) is 71.5 cm³/mol. The summed E-state index contributed by atoms with van der Waals surface area (Å²) in [4.78, 5) is 3.84. The molecule has 1 rings (SSSR count). The van der Waals surface area contributed by atoms with E-state index in [9.17, 15) is 8.42 Å². The fourth-order valence-electron chi connectivity index (χ4n) is 1.81. The van der Waals surface area contributed by atoms with Gasteiger partial charge in [-0.1, -0.05) is 13.8 Å². The zero-order valence-electron chi connectivity index (χ0n) is 11.6. The molecule has 0 aliphatic heterocycles. The lowest BCUT2D eigenvalue weighted by molar-refractivity contribution is 0.317. The van der Waals surface area contributed by atoms with Gasteiger partial charge < -0.3 is 10.3 Å². The quantitative estimate of drug-likeness (QED) is 0.870. The van der Waals surface area contributed by atoms with E-state index in [2.05, 4.69) is 4.98 Å². The number of hydrogen-bond donors (Lipinski definition) is 1. The van der Waals surface area contributed by atoms with Crippen LogP contribution < -0.4 is 5.73 Å². The van der Waals surface area contributed by atoms with Crippen LogP contribution in [0.1, 0.15) is 27.7 Å². The first-order valence-electron chi connectivity index (χ1n) is 5.96. The third kappa shape index (κ3) is 2.84. The van der Waals surface area contributed by atoms with Crippen LogP contribution >= 0.6 is 0 Å². The molecule has 0 bridgehead atoms.